The van der Waals surface area contributed by atoms with Gasteiger partial charge in [0.2, 0.25) is 0 Å². The van der Waals surface area contributed by atoms with E-state index in [0.29, 0.717) is 11.6 Å². The highest BCUT2D eigenvalue weighted by Crippen LogP contribution is 2.31. The van der Waals surface area contributed by atoms with E-state index in [-0.39, 0.29) is 0 Å². The lowest BCUT2D eigenvalue weighted by atomic mass is 10.2. The quantitative estimate of drug-likeness (QED) is 0.698. The van der Waals surface area contributed by atoms with Crippen molar-refractivity contribution in [3.8, 4) is 11.5 Å². The summed E-state index contributed by atoms with van der Waals surface area (Å²) in [6.07, 6.45) is 1.55. The molecular formula is C20H22N4O2. The van der Waals surface area contributed by atoms with E-state index in [9.17, 15) is 0 Å². The smallest absolute Gasteiger partial charge is 0.146 e. The summed E-state index contributed by atoms with van der Waals surface area (Å²) in [5, 5.41) is 3.28. The van der Waals surface area contributed by atoms with Gasteiger partial charge in [-0.25, -0.2) is 9.97 Å². The third-order valence-electron chi connectivity index (χ3n) is 3.98. The van der Waals surface area contributed by atoms with E-state index in [4.69, 9.17) is 9.47 Å². The number of nitrogens with zero attached hydrogens (tertiary/aromatic N) is 3. The molecule has 0 spiro atoms. The van der Waals surface area contributed by atoms with Crippen LogP contribution in [0.3, 0.4) is 0 Å². The summed E-state index contributed by atoms with van der Waals surface area (Å²) in [5.41, 5.74) is 2.03. The fourth-order valence-electron chi connectivity index (χ4n) is 2.60. The molecule has 2 aromatic carbocycles. The van der Waals surface area contributed by atoms with E-state index < -0.39 is 0 Å². The molecular weight excluding hydrogens is 328 g/mol. The van der Waals surface area contributed by atoms with Gasteiger partial charge in [0.05, 0.1) is 19.9 Å². The zero-order chi connectivity index (χ0) is 18.4. The van der Waals surface area contributed by atoms with Gasteiger partial charge in [-0.3, -0.25) is 0 Å². The largest absolute Gasteiger partial charge is 0.497 e. The maximum absolute atomic E-state index is 5.42. The Morgan fingerprint density at radius 3 is 2.50 bits per heavy atom. The van der Waals surface area contributed by atoms with Gasteiger partial charge in [0.1, 0.15) is 29.5 Å². The minimum Gasteiger partial charge on any atom is -0.497 e. The van der Waals surface area contributed by atoms with Crippen LogP contribution in [0.5, 0.6) is 11.5 Å². The van der Waals surface area contributed by atoms with Crippen LogP contribution in [0.4, 0.5) is 17.3 Å². The Morgan fingerprint density at radius 1 is 0.962 bits per heavy atom. The van der Waals surface area contributed by atoms with Gasteiger partial charge in [0.25, 0.3) is 0 Å². The lowest BCUT2D eigenvalue weighted by Gasteiger charge is -2.19. The summed E-state index contributed by atoms with van der Waals surface area (Å²) >= 11 is 0. The average Bonchev–Trinajstić information content (AvgIpc) is 2.69. The lowest BCUT2D eigenvalue weighted by Crippen LogP contribution is -2.17. The van der Waals surface area contributed by atoms with Crippen LogP contribution in [0.25, 0.3) is 0 Å². The molecule has 0 atom stereocenters. The molecule has 0 amide bonds. The van der Waals surface area contributed by atoms with E-state index >= 15 is 0 Å². The van der Waals surface area contributed by atoms with Crippen LogP contribution >= 0.6 is 0 Å². The molecule has 134 valence electrons. The van der Waals surface area contributed by atoms with Crippen molar-refractivity contribution < 1.29 is 9.47 Å². The summed E-state index contributed by atoms with van der Waals surface area (Å²) in [7, 11) is 5.26. The van der Waals surface area contributed by atoms with Crippen molar-refractivity contribution in [1.29, 1.82) is 0 Å². The van der Waals surface area contributed by atoms with E-state index in [0.717, 1.165) is 23.8 Å². The predicted molar refractivity (Wildman–Crippen MR) is 103 cm³/mol. The minimum absolute atomic E-state index is 0.683. The number of nitrogens with one attached hydrogen (secondary N) is 1. The van der Waals surface area contributed by atoms with Crippen molar-refractivity contribution in [2.45, 2.75) is 6.54 Å². The van der Waals surface area contributed by atoms with E-state index in [1.807, 2.05) is 49.5 Å². The number of benzene rings is 2. The van der Waals surface area contributed by atoms with Crippen LogP contribution in [0.2, 0.25) is 0 Å². The Bertz CT molecular complexity index is 855. The number of ether oxygens (including phenoxy) is 2. The molecule has 0 radical (unpaired) electrons. The molecule has 0 unspecified atom stereocenters. The fourth-order valence-corrected chi connectivity index (χ4v) is 2.60. The second-order valence-corrected chi connectivity index (χ2v) is 5.79. The molecule has 3 aromatic rings. The van der Waals surface area contributed by atoms with Gasteiger partial charge in [0, 0.05) is 25.7 Å². The first-order valence-corrected chi connectivity index (χ1v) is 8.26. The molecule has 0 bridgehead atoms. The molecule has 1 heterocycles. The Labute approximate surface area is 153 Å². The molecule has 26 heavy (non-hydrogen) atoms. The highest BCUT2D eigenvalue weighted by Gasteiger charge is 2.09. The first-order chi connectivity index (χ1) is 12.7. The van der Waals surface area contributed by atoms with Gasteiger partial charge in [-0.1, -0.05) is 30.3 Å². The van der Waals surface area contributed by atoms with Gasteiger partial charge in [0.15, 0.2) is 0 Å². The molecule has 0 aliphatic carbocycles. The minimum atomic E-state index is 0.683. The van der Waals surface area contributed by atoms with Crippen LogP contribution in [0.1, 0.15) is 5.56 Å². The monoisotopic (exact) mass is 350 g/mol. The summed E-state index contributed by atoms with van der Waals surface area (Å²) < 4.78 is 10.6. The van der Waals surface area contributed by atoms with Gasteiger partial charge in [-0.05, 0) is 17.7 Å². The van der Waals surface area contributed by atoms with Crippen molar-refractivity contribution in [3.63, 3.8) is 0 Å². The predicted octanol–water partition coefficient (Wildman–Crippen LogP) is 3.87. The number of methoxy groups -OCH3 is 2. The Morgan fingerprint density at radius 2 is 1.77 bits per heavy atom. The Hall–Kier alpha value is -3.28. The van der Waals surface area contributed by atoms with Crippen LogP contribution in [-0.4, -0.2) is 31.2 Å². The second-order valence-electron chi connectivity index (χ2n) is 5.79. The number of aromatic nitrogens is 2. The third-order valence-corrected chi connectivity index (χ3v) is 3.98. The molecule has 6 heteroatoms. The van der Waals surface area contributed by atoms with E-state index in [1.54, 1.807) is 20.5 Å². The van der Waals surface area contributed by atoms with Gasteiger partial charge in [-0.15, -0.1) is 0 Å². The number of rotatable bonds is 7. The van der Waals surface area contributed by atoms with E-state index in [2.05, 4.69) is 32.3 Å². The Kier molecular flexibility index (Phi) is 5.53. The number of hydrogen-bond acceptors (Lipinski definition) is 6. The molecule has 0 aliphatic rings. The summed E-state index contributed by atoms with van der Waals surface area (Å²) in [6, 6.07) is 17.8. The summed E-state index contributed by atoms with van der Waals surface area (Å²) in [6.45, 7) is 0.767. The van der Waals surface area contributed by atoms with Crippen LogP contribution < -0.4 is 19.7 Å². The topological polar surface area (TPSA) is 59.5 Å². The number of anilines is 3. The van der Waals surface area contributed by atoms with Crippen molar-refractivity contribution in [2.24, 2.45) is 0 Å². The first-order valence-electron chi connectivity index (χ1n) is 8.26. The standard InChI is InChI=1S/C20H22N4O2/c1-24(13-15-7-5-4-6-8-15)20-12-19(21-14-22-20)23-17-10-9-16(25-2)11-18(17)26-3/h4-12,14H,13H2,1-3H3,(H,21,22,23). The van der Waals surface area contributed by atoms with E-state index in [1.165, 1.54) is 5.56 Å². The fraction of sp³-hybridized carbons (Fsp3) is 0.200. The van der Waals surface area contributed by atoms with Crippen molar-refractivity contribution >= 4 is 17.3 Å². The Balaban J connectivity index is 1.77. The van der Waals surface area contributed by atoms with Crippen LogP contribution in [0, 0.1) is 0 Å². The average molecular weight is 350 g/mol. The maximum Gasteiger partial charge on any atom is 0.146 e. The zero-order valence-electron chi connectivity index (χ0n) is 15.1. The van der Waals surface area contributed by atoms with Crippen molar-refractivity contribution in [2.75, 3.05) is 31.5 Å². The zero-order valence-corrected chi connectivity index (χ0v) is 15.1. The van der Waals surface area contributed by atoms with Gasteiger partial charge >= 0.3 is 0 Å². The maximum atomic E-state index is 5.42. The molecule has 1 aromatic heterocycles. The number of hydrogen-bond donors (Lipinski definition) is 1. The lowest BCUT2D eigenvalue weighted by molar-refractivity contribution is 0.395. The highest BCUT2D eigenvalue weighted by molar-refractivity contribution is 5.67. The van der Waals surface area contributed by atoms with Gasteiger partial charge in [-0.2, -0.15) is 0 Å². The summed E-state index contributed by atoms with van der Waals surface area (Å²) in [5.74, 6) is 2.94. The highest BCUT2D eigenvalue weighted by atomic mass is 16.5. The molecule has 6 nitrogen and oxygen atoms in total. The van der Waals surface area contributed by atoms with Crippen LogP contribution in [0.15, 0.2) is 60.9 Å². The van der Waals surface area contributed by atoms with Gasteiger partial charge < -0.3 is 19.7 Å². The van der Waals surface area contributed by atoms with Crippen molar-refractivity contribution in [3.05, 3.63) is 66.5 Å². The SMILES string of the molecule is COc1ccc(Nc2cc(N(C)Cc3ccccc3)ncn2)c(OC)c1. The summed E-state index contributed by atoms with van der Waals surface area (Å²) in [4.78, 5) is 10.8. The second kappa shape index (κ2) is 8.20. The molecule has 1 N–H and O–H groups in total. The first kappa shape index (κ1) is 17.5. The molecule has 0 aliphatic heterocycles. The molecule has 0 fully saturated rings. The molecule has 0 saturated carbocycles. The molecule has 3 rings (SSSR count). The normalized spacial score (nSPS) is 10.3. The molecule has 0 saturated heterocycles. The van der Waals surface area contributed by atoms with Crippen LogP contribution in [-0.2, 0) is 6.54 Å². The van der Waals surface area contributed by atoms with Crippen molar-refractivity contribution in [1.82, 2.24) is 9.97 Å². The third kappa shape index (κ3) is 4.22.